The van der Waals surface area contributed by atoms with Gasteiger partial charge in [-0.25, -0.2) is 19.0 Å². The lowest BCUT2D eigenvalue weighted by Crippen LogP contribution is -2.21. The fourth-order valence-corrected chi connectivity index (χ4v) is 3.41. The molecule has 0 aliphatic rings. The van der Waals surface area contributed by atoms with E-state index in [0.29, 0.717) is 10.5 Å². The van der Waals surface area contributed by atoms with Crippen molar-refractivity contribution >= 4 is 22.6 Å². The topological polar surface area (TPSA) is 90.5 Å². The summed E-state index contributed by atoms with van der Waals surface area (Å²) in [5, 5.41) is 9.17. The second-order valence-electron chi connectivity index (χ2n) is 7.14. The quantitative estimate of drug-likeness (QED) is 0.396. The molecule has 170 valence electrons. The molecule has 12 heteroatoms. The van der Waals surface area contributed by atoms with Crippen LogP contribution in [0.25, 0.3) is 22.5 Å². The second-order valence-corrected chi connectivity index (χ2v) is 7.14. The van der Waals surface area contributed by atoms with Crippen LogP contribution in [0.2, 0.25) is 0 Å². The van der Waals surface area contributed by atoms with Gasteiger partial charge in [-0.3, -0.25) is 9.36 Å². The minimum Gasteiger partial charge on any atom is -0.319 e. The Hall–Kier alpha value is -4.61. The van der Waals surface area contributed by atoms with Crippen LogP contribution in [0.5, 0.6) is 0 Å². The Labute approximate surface area is 188 Å². The molecule has 0 bridgehead atoms. The Balaban J connectivity index is 1.43. The van der Waals surface area contributed by atoms with Crippen LogP contribution in [0.1, 0.15) is 16.2 Å². The van der Waals surface area contributed by atoms with Crippen LogP contribution in [0, 0.1) is 5.82 Å². The summed E-state index contributed by atoms with van der Waals surface area (Å²) in [7, 11) is 0. The van der Waals surface area contributed by atoms with E-state index in [1.54, 1.807) is 17.0 Å². The molecule has 3 heterocycles. The number of aromatic nitrogens is 6. The van der Waals surface area contributed by atoms with Crippen molar-refractivity contribution in [3.05, 3.63) is 90.4 Å². The Morgan fingerprint density at radius 2 is 1.79 bits per heavy atom. The maximum Gasteiger partial charge on any atom is 0.435 e. The van der Waals surface area contributed by atoms with E-state index in [1.807, 2.05) is 24.3 Å². The average Bonchev–Trinajstić information content (AvgIpc) is 3.45. The van der Waals surface area contributed by atoms with Crippen molar-refractivity contribution < 1.29 is 22.4 Å². The molecule has 0 spiro atoms. The Morgan fingerprint density at radius 3 is 2.53 bits per heavy atom. The third kappa shape index (κ3) is 3.85. The number of para-hydroxylation sites is 2. The number of nitrogens with zero attached hydrogens (tertiary/aromatic N) is 6. The number of halogens is 4. The molecule has 5 rings (SSSR count). The molecule has 0 saturated carbocycles. The first-order valence-electron chi connectivity index (χ1n) is 9.80. The molecule has 8 nitrogen and oxygen atoms in total. The number of hydrogen-bond donors (Lipinski definition) is 1. The molecule has 2 aromatic carbocycles. The molecule has 1 amide bonds. The number of pyridine rings is 1. The van der Waals surface area contributed by atoms with Gasteiger partial charge in [-0.2, -0.15) is 13.2 Å². The lowest BCUT2D eigenvalue weighted by atomic mass is 10.2. The summed E-state index contributed by atoms with van der Waals surface area (Å²) in [6.45, 7) is 0. The van der Waals surface area contributed by atoms with Gasteiger partial charge in [0.15, 0.2) is 11.4 Å². The number of benzene rings is 2. The predicted molar refractivity (Wildman–Crippen MR) is 113 cm³/mol. The van der Waals surface area contributed by atoms with Gasteiger partial charge in [0.05, 0.1) is 28.6 Å². The summed E-state index contributed by atoms with van der Waals surface area (Å²) < 4.78 is 56.9. The molecule has 5 aromatic rings. The third-order valence-corrected chi connectivity index (χ3v) is 4.91. The van der Waals surface area contributed by atoms with E-state index in [9.17, 15) is 22.4 Å². The van der Waals surface area contributed by atoms with E-state index in [2.05, 4.69) is 25.6 Å². The van der Waals surface area contributed by atoms with Crippen molar-refractivity contribution in [2.75, 3.05) is 5.32 Å². The van der Waals surface area contributed by atoms with Crippen molar-refractivity contribution in [2.45, 2.75) is 6.18 Å². The average molecular weight is 467 g/mol. The number of imidazole rings is 1. The van der Waals surface area contributed by atoms with Gasteiger partial charge in [0.2, 0.25) is 0 Å². The SMILES string of the molecule is O=C(Nc1ccc(-n2cnc3ccccc32)nc1)c1nnn(-c2cccc(F)c2)c1C(F)(F)F. The first-order valence-corrected chi connectivity index (χ1v) is 9.80. The van der Waals surface area contributed by atoms with Crippen LogP contribution in [0.4, 0.5) is 23.2 Å². The lowest BCUT2D eigenvalue weighted by Gasteiger charge is -2.11. The predicted octanol–water partition coefficient (Wildman–Crippen LogP) is 4.41. The van der Waals surface area contributed by atoms with Gasteiger partial charge in [0.25, 0.3) is 5.91 Å². The van der Waals surface area contributed by atoms with Gasteiger partial charge in [-0.1, -0.05) is 23.4 Å². The van der Waals surface area contributed by atoms with Crippen LogP contribution in [-0.4, -0.2) is 35.4 Å². The number of alkyl halides is 3. The van der Waals surface area contributed by atoms with Crippen LogP contribution >= 0.6 is 0 Å². The van der Waals surface area contributed by atoms with Gasteiger partial charge in [0.1, 0.15) is 18.0 Å². The Kier molecular flexibility index (Phi) is 5.04. The van der Waals surface area contributed by atoms with Crippen molar-refractivity contribution in [3.63, 3.8) is 0 Å². The van der Waals surface area contributed by atoms with Crippen LogP contribution in [0.3, 0.4) is 0 Å². The largest absolute Gasteiger partial charge is 0.435 e. The smallest absolute Gasteiger partial charge is 0.319 e. The molecule has 0 aliphatic carbocycles. The van der Waals surface area contributed by atoms with Gasteiger partial charge in [0, 0.05) is 0 Å². The summed E-state index contributed by atoms with van der Waals surface area (Å²) >= 11 is 0. The molecular formula is C22H13F4N7O. The third-order valence-electron chi connectivity index (χ3n) is 4.91. The normalized spacial score (nSPS) is 11.6. The van der Waals surface area contributed by atoms with Crippen LogP contribution < -0.4 is 5.32 Å². The molecule has 0 unspecified atom stereocenters. The molecule has 0 aliphatic heterocycles. The summed E-state index contributed by atoms with van der Waals surface area (Å²) in [6.07, 6.45) is -2.09. The Bertz CT molecular complexity index is 1510. The number of fused-ring (bicyclic) bond motifs is 1. The minimum atomic E-state index is -4.98. The number of rotatable bonds is 4. The fourth-order valence-electron chi connectivity index (χ4n) is 3.41. The first kappa shape index (κ1) is 21.2. The van der Waals surface area contributed by atoms with E-state index in [1.165, 1.54) is 24.4 Å². The zero-order valence-corrected chi connectivity index (χ0v) is 17.0. The number of anilines is 1. The molecule has 1 N–H and O–H groups in total. The van der Waals surface area contributed by atoms with E-state index in [-0.39, 0.29) is 11.4 Å². The van der Waals surface area contributed by atoms with Crippen LogP contribution in [-0.2, 0) is 6.18 Å². The molecule has 0 fully saturated rings. The molecule has 0 saturated heterocycles. The highest BCUT2D eigenvalue weighted by Gasteiger charge is 2.42. The minimum absolute atomic E-state index is 0.145. The highest BCUT2D eigenvalue weighted by Crippen LogP contribution is 2.33. The van der Waals surface area contributed by atoms with E-state index < -0.39 is 29.3 Å². The maximum atomic E-state index is 13.8. The van der Waals surface area contributed by atoms with Gasteiger partial charge in [-0.15, -0.1) is 5.10 Å². The van der Waals surface area contributed by atoms with Crippen molar-refractivity contribution in [1.82, 2.24) is 29.5 Å². The lowest BCUT2D eigenvalue weighted by molar-refractivity contribution is -0.143. The van der Waals surface area contributed by atoms with E-state index >= 15 is 0 Å². The van der Waals surface area contributed by atoms with Gasteiger partial charge < -0.3 is 5.32 Å². The van der Waals surface area contributed by atoms with Crippen molar-refractivity contribution in [1.29, 1.82) is 0 Å². The summed E-state index contributed by atoms with van der Waals surface area (Å²) in [6, 6.07) is 14.8. The van der Waals surface area contributed by atoms with Crippen molar-refractivity contribution in [2.24, 2.45) is 0 Å². The Morgan fingerprint density at radius 1 is 0.971 bits per heavy atom. The molecule has 34 heavy (non-hydrogen) atoms. The summed E-state index contributed by atoms with van der Waals surface area (Å²) in [4.78, 5) is 21.2. The maximum absolute atomic E-state index is 13.8. The molecule has 0 atom stereocenters. The molecule has 3 aromatic heterocycles. The van der Waals surface area contributed by atoms with Gasteiger partial charge in [-0.05, 0) is 42.5 Å². The second kappa shape index (κ2) is 8.06. The number of carbonyl (C=O) groups is 1. The molecule has 0 radical (unpaired) electrons. The molecular weight excluding hydrogens is 454 g/mol. The van der Waals surface area contributed by atoms with E-state index in [4.69, 9.17) is 0 Å². The summed E-state index contributed by atoms with van der Waals surface area (Å²) in [5.74, 6) is -1.40. The standard InChI is InChI=1S/C22H13F4N7O/c23-13-4-3-5-15(10-13)33-20(22(24,25)26)19(30-31-33)21(34)29-14-8-9-18(27-11-14)32-12-28-16-6-1-2-7-17(16)32/h1-12H,(H,29,34). The van der Waals surface area contributed by atoms with Crippen molar-refractivity contribution in [3.8, 4) is 11.5 Å². The van der Waals surface area contributed by atoms with Gasteiger partial charge >= 0.3 is 6.18 Å². The number of hydrogen-bond acceptors (Lipinski definition) is 5. The number of carbonyl (C=O) groups excluding carboxylic acids is 1. The highest BCUT2D eigenvalue weighted by atomic mass is 19.4. The number of amides is 1. The zero-order chi connectivity index (χ0) is 23.9. The highest BCUT2D eigenvalue weighted by molar-refractivity contribution is 6.03. The first-order chi connectivity index (χ1) is 16.3. The zero-order valence-electron chi connectivity index (χ0n) is 17.0. The van der Waals surface area contributed by atoms with Crippen LogP contribution in [0.15, 0.2) is 73.2 Å². The monoisotopic (exact) mass is 467 g/mol. The number of nitrogens with one attached hydrogen (secondary N) is 1. The van der Waals surface area contributed by atoms with E-state index in [0.717, 1.165) is 23.2 Å². The summed E-state index contributed by atoms with van der Waals surface area (Å²) in [5.41, 5.74) is -0.881. The fraction of sp³-hybridized carbons (Fsp3) is 0.0455.